The molecule has 136 valence electrons. The zero-order valence-corrected chi connectivity index (χ0v) is 15.6. The van der Waals surface area contributed by atoms with Crippen LogP contribution in [0, 0.1) is 6.92 Å². The number of rotatable bonds is 5. The largest absolute Gasteiger partial charge is 0.361 e. The van der Waals surface area contributed by atoms with Gasteiger partial charge in [-0.15, -0.1) is 0 Å². The molecule has 0 fully saturated rings. The number of nitrogens with zero attached hydrogens (tertiary/aromatic N) is 2. The number of H-pyrrole nitrogens is 1. The Balaban J connectivity index is 1.49. The van der Waals surface area contributed by atoms with Gasteiger partial charge in [0.25, 0.3) is 0 Å². The van der Waals surface area contributed by atoms with Gasteiger partial charge in [-0.25, -0.2) is 4.68 Å². The summed E-state index contributed by atoms with van der Waals surface area (Å²) >= 11 is 6.08. The van der Waals surface area contributed by atoms with Gasteiger partial charge in [-0.05, 0) is 43.2 Å². The minimum atomic E-state index is -0.0524. The lowest BCUT2D eigenvalue weighted by Crippen LogP contribution is -2.15. The predicted molar refractivity (Wildman–Crippen MR) is 109 cm³/mol. The highest BCUT2D eigenvalue weighted by Crippen LogP contribution is 2.22. The Morgan fingerprint density at radius 1 is 1.19 bits per heavy atom. The third-order valence-corrected chi connectivity index (χ3v) is 4.68. The highest BCUT2D eigenvalue weighted by atomic mass is 35.5. The Hall–Kier alpha value is -3.05. The van der Waals surface area contributed by atoms with E-state index >= 15 is 0 Å². The van der Waals surface area contributed by atoms with Gasteiger partial charge in [-0.2, -0.15) is 5.10 Å². The van der Waals surface area contributed by atoms with E-state index in [1.165, 1.54) is 0 Å². The molecule has 0 unspecified atom stereocenters. The highest BCUT2D eigenvalue weighted by Gasteiger charge is 2.12. The summed E-state index contributed by atoms with van der Waals surface area (Å²) in [6, 6.07) is 17.3. The van der Waals surface area contributed by atoms with Gasteiger partial charge in [-0.1, -0.05) is 35.9 Å². The number of carbonyl (C=O) groups excluding carboxylic acids is 1. The first-order valence-corrected chi connectivity index (χ1v) is 9.15. The molecule has 0 atom stereocenters. The number of anilines is 1. The molecule has 6 heteroatoms. The van der Waals surface area contributed by atoms with Gasteiger partial charge in [0.1, 0.15) is 5.82 Å². The van der Waals surface area contributed by atoms with E-state index in [0.29, 0.717) is 23.7 Å². The lowest BCUT2D eigenvalue weighted by Gasteiger charge is -2.09. The summed E-state index contributed by atoms with van der Waals surface area (Å²) in [5.41, 5.74) is 3.85. The average molecular weight is 379 g/mol. The van der Waals surface area contributed by atoms with E-state index < -0.39 is 0 Å². The van der Waals surface area contributed by atoms with Crippen molar-refractivity contribution in [1.29, 1.82) is 0 Å². The van der Waals surface area contributed by atoms with Gasteiger partial charge in [0.05, 0.1) is 11.4 Å². The summed E-state index contributed by atoms with van der Waals surface area (Å²) in [5.74, 6) is 0.585. The van der Waals surface area contributed by atoms with Crippen molar-refractivity contribution in [1.82, 2.24) is 14.8 Å². The van der Waals surface area contributed by atoms with E-state index in [2.05, 4.69) is 21.5 Å². The number of benzene rings is 2. The second kappa shape index (κ2) is 7.29. The summed E-state index contributed by atoms with van der Waals surface area (Å²) in [7, 11) is 0. The maximum Gasteiger partial charge on any atom is 0.225 e. The first-order valence-electron chi connectivity index (χ1n) is 8.77. The molecule has 0 bridgehead atoms. The number of aromatic nitrogens is 3. The van der Waals surface area contributed by atoms with Crippen molar-refractivity contribution in [2.45, 2.75) is 19.8 Å². The van der Waals surface area contributed by atoms with Gasteiger partial charge < -0.3 is 10.3 Å². The smallest absolute Gasteiger partial charge is 0.225 e. The molecule has 2 aromatic carbocycles. The van der Waals surface area contributed by atoms with Crippen molar-refractivity contribution in [2.24, 2.45) is 0 Å². The van der Waals surface area contributed by atoms with Crippen LogP contribution in [0.1, 0.15) is 17.7 Å². The number of para-hydroxylation sites is 1. The molecule has 4 rings (SSSR count). The van der Waals surface area contributed by atoms with Gasteiger partial charge >= 0.3 is 0 Å². The molecule has 0 saturated carbocycles. The van der Waals surface area contributed by atoms with E-state index in [1.807, 2.05) is 55.6 Å². The van der Waals surface area contributed by atoms with E-state index in [9.17, 15) is 4.79 Å². The van der Waals surface area contributed by atoms with Crippen molar-refractivity contribution in [3.63, 3.8) is 0 Å². The molecular formula is C21H19ClN4O. The molecule has 2 heterocycles. The Morgan fingerprint density at radius 3 is 2.89 bits per heavy atom. The predicted octanol–water partition coefficient (Wildman–Crippen LogP) is 4.89. The van der Waals surface area contributed by atoms with Crippen LogP contribution in [-0.2, 0) is 11.2 Å². The van der Waals surface area contributed by atoms with Gasteiger partial charge in [0, 0.05) is 34.6 Å². The molecule has 2 N–H and O–H groups in total. The lowest BCUT2D eigenvalue weighted by atomic mass is 10.1. The number of aromatic amines is 1. The normalized spacial score (nSPS) is 11.0. The molecule has 0 aliphatic rings. The summed E-state index contributed by atoms with van der Waals surface area (Å²) in [5, 5.41) is 9.21. The molecule has 0 spiro atoms. The summed E-state index contributed by atoms with van der Waals surface area (Å²) in [6.45, 7) is 1.89. The summed E-state index contributed by atoms with van der Waals surface area (Å²) < 4.78 is 1.70. The SMILES string of the molecule is Cc1cc(NC(=O)CCc2c[nH]c3ccccc23)n(-c2cccc(Cl)c2)n1. The van der Waals surface area contributed by atoms with Crippen LogP contribution < -0.4 is 5.32 Å². The minimum Gasteiger partial charge on any atom is -0.361 e. The monoisotopic (exact) mass is 378 g/mol. The van der Waals surface area contributed by atoms with Crippen LogP contribution in [0.3, 0.4) is 0 Å². The number of nitrogens with one attached hydrogen (secondary N) is 2. The molecule has 1 amide bonds. The molecular weight excluding hydrogens is 360 g/mol. The molecule has 4 aromatic rings. The van der Waals surface area contributed by atoms with Gasteiger partial charge in [0.2, 0.25) is 5.91 Å². The van der Waals surface area contributed by atoms with Crippen LogP contribution >= 0.6 is 11.6 Å². The fourth-order valence-electron chi connectivity index (χ4n) is 3.19. The molecule has 2 aromatic heterocycles. The first kappa shape index (κ1) is 17.4. The van der Waals surface area contributed by atoms with Crippen LogP contribution in [0.15, 0.2) is 60.8 Å². The summed E-state index contributed by atoms with van der Waals surface area (Å²) in [6.07, 6.45) is 3.03. The second-order valence-corrected chi connectivity index (χ2v) is 6.91. The zero-order chi connectivity index (χ0) is 18.8. The Morgan fingerprint density at radius 2 is 2.04 bits per heavy atom. The number of carbonyl (C=O) groups is 1. The molecule has 0 aliphatic carbocycles. The van der Waals surface area contributed by atoms with Crippen molar-refractivity contribution in [3.8, 4) is 5.69 Å². The van der Waals surface area contributed by atoms with Gasteiger partial charge in [0.15, 0.2) is 0 Å². The van der Waals surface area contributed by atoms with Crippen molar-refractivity contribution in [3.05, 3.63) is 77.1 Å². The Kier molecular flexibility index (Phi) is 4.69. The van der Waals surface area contributed by atoms with Crippen LogP contribution in [0.2, 0.25) is 5.02 Å². The van der Waals surface area contributed by atoms with Crippen molar-refractivity contribution >= 4 is 34.2 Å². The van der Waals surface area contributed by atoms with E-state index in [0.717, 1.165) is 27.8 Å². The Labute approximate surface area is 162 Å². The van der Waals surface area contributed by atoms with E-state index in [1.54, 1.807) is 10.7 Å². The molecule has 0 saturated heterocycles. The molecule has 27 heavy (non-hydrogen) atoms. The summed E-state index contributed by atoms with van der Waals surface area (Å²) in [4.78, 5) is 15.8. The number of hydrogen-bond acceptors (Lipinski definition) is 2. The minimum absolute atomic E-state index is 0.0524. The third-order valence-electron chi connectivity index (χ3n) is 4.45. The van der Waals surface area contributed by atoms with Crippen LogP contribution in [0.25, 0.3) is 16.6 Å². The topological polar surface area (TPSA) is 62.7 Å². The zero-order valence-electron chi connectivity index (χ0n) is 14.9. The highest BCUT2D eigenvalue weighted by molar-refractivity contribution is 6.30. The standard InChI is InChI=1S/C21H19ClN4O/c1-14-11-20(26(25-14)17-6-4-5-16(22)12-17)24-21(27)10-9-15-13-23-19-8-3-2-7-18(15)19/h2-8,11-13,23H,9-10H2,1H3,(H,24,27). The van der Waals surface area contributed by atoms with Crippen molar-refractivity contribution in [2.75, 3.05) is 5.32 Å². The van der Waals surface area contributed by atoms with Crippen LogP contribution in [0.5, 0.6) is 0 Å². The number of aryl methyl sites for hydroxylation is 2. The second-order valence-electron chi connectivity index (χ2n) is 6.47. The molecule has 0 radical (unpaired) electrons. The fraction of sp³-hybridized carbons (Fsp3) is 0.143. The van der Waals surface area contributed by atoms with Gasteiger partial charge in [-0.3, -0.25) is 4.79 Å². The van der Waals surface area contributed by atoms with Crippen LogP contribution in [0.4, 0.5) is 5.82 Å². The third kappa shape index (κ3) is 3.73. The van der Waals surface area contributed by atoms with Crippen LogP contribution in [-0.4, -0.2) is 20.7 Å². The molecule has 5 nitrogen and oxygen atoms in total. The fourth-order valence-corrected chi connectivity index (χ4v) is 3.37. The maximum atomic E-state index is 12.5. The number of halogens is 1. The number of hydrogen-bond donors (Lipinski definition) is 2. The maximum absolute atomic E-state index is 12.5. The van der Waals surface area contributed by atoms with Crippen molar-refractivity contribution < 1.29 is 4.79 Å². The number of fused-ring (bicyclic) bond motifs is 1. The van der Waals surface area contributed by atoms with E-state index in [-0.39, 0.29) is 5.91 Å². The lowest BCUT2D eigenvalue weighted by molar-refractivity contribution is -0.116. The number of amides is 1. The quantitative estimate of drug-likeness (QED) is 0.519. The first-order chi connectivity index (χ1) is 13.1. The van der Waals surface area contributed by atoms with E-state index in [4.69, 9.17) is 11.6 Å². The molecule has 0 aliphatic heterocycles. The Bertz CT molecular complexity index is 1110. The average Bonchev–Trinajstić information content (AvgIpc) is 3.23.